The predicted molar refractivity (Wildman–Crippen MR) is 83.1 cm³/mol. The topological polar surface area (TPSA) is 37.4 Å². The van der Waals surface area contributed by atoms with E-state index in [4.69, 9.17) is 0 Å². The standard InChI is InChI=1S/C16H23NO2S/c1-12-7-13(2)10-17(9-12)16(18)15-6-4-5-14(8-15)11-20(3)19/h4-6,8,12-13H,7,9-11H2,1-3H3. The number of benzene rings is 1. The number of carbonyl (C=O) groups excluding carboxylic acids is 1. The maximum atomic E-state index is 12.6. The van der Waals surface area contributed by atoms with Crippen molar-refractivity contribution in [2.75, 3.05) is 19.3 Å². The van der Waals surface area contributed by atoms with Crippen LogP contribution in [-0.4, -0.2) is 34.4 Å². The van der Waals surface area contributed by atoms with Crippen LogP contribution in [0.2, 0.25) is 0 Å². The van der Waals surface area contributed by atoms with Gasteiger partial charge in [0.1, 0.15) is 0 Å². The van der Waals surface area contributed by atoms with Crippen LogP contribution in [0.5, 0.6) is 0 Å². The molecule has 3 atom stereocenters. The fraction of sp³-hybridized carbons (Fsp3) is 0.562. The quantitative estimate of drug-likeness (QED) is 0.859. The van der Waals surface area contributed by atoms with Gasteiger partial charge in [0.15, 0.2) is 0 Å². The van der Waals surface area contributed by atoms with Crippen LogP contribution in [-0.2, 0) is 16.6 Å². The highest BCUT2D eigenvalue weighted by atomic mass is 32.2. The largest absolute Gasteiger partial charge is 0.338 e. The van der Waals surface area contributed by atoms with Gasteiger partial charge in [0.25, 0.3) is 5.91 Å². The van der Waals surface area contributed by atoms with Crippen molar-refractivity contribution in [2.45, 2.75) is 26.0 Å². The Labute approximate surface area is 123 Å². The molecule has 1 aliphatic rings. The fourth-order valence-corrected chi connectivity index (χ4v) is 3.69. The van der Waals surface area contributed by atoms with E-state index in [9.17, 15) is 9.00 Å². The Bertz CT molecular complexity index is 505. The van der Waals surface area contributed by atoms with Crippen molar-refractivity contribution in [2.24, 2.45) is 11.8 Å². The molecule has 1 aromatic rings. The van der Waals surface area contributed by atoms with Gasteiger partial charge in [0.2, 0.25) is 0 Å². The Hall–Kier alpha value is -1.16. The molecule has 110 valence electrons. The average Bonchev–Trinajstić information content (AvgIpc) is 2.36. The van der Waals surface area contributed by atoms with Crippen LogP contribution in [0.3, 0.4) is 0 Å². The smallest absolute Gasteiger partial charge is 0.253 e. The first-order valence-corrected chi connectivity index (χ1v) is 8.86. The van der Waals surface area contributed by atoms with Crippen LogP contribution in [0.4, 0.5) is 0 Å². The first kappa shape index (κ1) is 15.2. The highest BCUT2D eigenvalue weighted by Gasteiger charge is 2.26. The van der Waals surface area contributed by atoms with Crippen molar-refractivity contribution in [1.82, 2.24) is 4.90 Å². The summed E-state index contributed by atoms with van der Waals surface area (Å²) >= 11 is 0. The molecule has 1 aliphatic heterocycles. The van der Waals surface area contributed by atoms with Crippen LogP contribution in [0.25, 0.3) is 0 Å². The average molecular weight is 293 g/mol. The molecule has 20 heavy (non-hydrogen) atoms. The number of hydrogen-bond acceptors (Lipinski definition) is 2. The van der Waals surface area contributed by atoms with Gasteiger partial charge in [0, 0.05) is 41.5 Å². The van der Waals surface area contributed by atoms with Gasteiger partial charge >= 0.3 is 0 Å². The maximum absolute atomic E-state index is 12.6. The highest BCUT2D eigenvalue weighted by molar-refractivity contribution is 7.83. The number of nitrogens with zero attached hydrogens (tertiary/aromatic N) is 1. The Balaban J connectivity index is 2.14. The molecule has 1 saturated heterocycles. The van der Waals surface area contributed by atoms with E-state index in [0.29, 0.717) is 23.2 Å². The number of rotatable bonds is 3. The number of amides is 1. The zero-order valence-electron chi connectivity index (χ0n) is 12.5. The third-order valence-corrected chi connectivity index (χ3v) is 4.44. The van der Waals surface area contributed by atoms with Gasteiger partial charge in [-0.2, -0.15) is 0 Å². The van der Waals surface area contributed by atoms with Gasteiger partial charge in [-0.25, -0.2) is 0 Å². The molecule has 0 aromatic heterocycles. The lowest BCUT2D eigenvalue weighted by molar-refractivity contribution is 0.0623. The minimum absolute atomic E-state index is 0.104. The first-order valence-electron chi connectivity index (χ1n) is 7.14. The van der Waals surface area contributed by atoms with E-state index in [-0.39, 0.29) is 5.91 Å². The minimum Gasteiger partial charge on any atom is -0.338 e. The predicted octanol–water partition coefficient (Wildman–Crippen LogP) is 2.68. The molecule has 1 amide bonds. The zero-order valence-corrected chi connectivity index (χ0v) is 13.3. The molecule has 1 aromatic carbocycles. The van der Waals surface area contributed by atoms with Crippen LogP contribution >= 0.6 is 0 Å². The lowest BCUT2D eigenvalue weighted by Crippen LogP contribution is -2.42. The third kappa shape index (κ3) is 3.92. The van der Waals surface area contributed by atoms with E-state index >= 15 is 0 Å². The lowest BCUT2D eigenvalue weighted by atomic mass is 9.91. The number of likely N-dealkylation sites (tertiary alicyclic amines) is 1. The maximum Gasteiger partial charge on any atom is 0.253 e. The zero-order chi connectivity index (χ0) is 14.7. The molecule has 4 heteroatoms. The Morgan fingerprint density at radius 3 is 2.55 bits per heavy atom. The Morgan fingerprint density at radius 1 is 1.30 bits per heavy atom. The van der Waals surface area contributed by atoms with Crippen LogP contribution in [0.15, 0.2) is 24.3 Å². The van der Waals surface area contributed by atoms with Gasteiger partial charge in [0.05, 0.1) is 0 Å². The minimum atomic E-state index is -0.879. The monoisotopic (exact) mass is 293 g/mol. The van der Waals surface area contributed by atoms with Gasteiger partial charge in [-0.3, -0.25) is 9.00 Å². The number of hydrogen-bond donors (Lipinski definition) is 0. The Kier molecular flexibility index (Phi) is 4.97. The lowest BCUT2D eigenvalue weighted by Gasteiger charge is -2.35. The van der Waals surface area contributed by atoms with Gasteiger partial charge in [-0.05, 0) is 36.0 Å². The number of carbonyl (C=O) groups is 1. The summed E-state index contributed by atoms with van der Waals surface area (Å²) in [6.45, 7) is 6.08. The van der Waals surface area contributed by atoms with E-state index in [0.717, 1.165) is 18.7 Å². The summed E-state index contributed by atoms with van der Waals surface area (Å²) in [5.41, 5.74) is 1.68. The molecule has 0 N–H and O–H groups in total. The van der Waals surface area contributed by atoms with Crippen molar-refractivity contribution in [3.63, 3.8) is 0 Å². The summed E-state index contributed by atoms with van der Waals surface area (Å²) in [6.07, 6.45) is 2.88. The van der Waals surface area contributed by atoms with E-state index in [1.165, 1.54) is 6.42 Å². The summed E-state index contributed by atoms with van der Waals surface area (Å²) in [6, 6.07) is 7.55. The molecule has 1 heterocycles. The van der Waals surface area contributed by atoms with Gasteiger partial charge in [-0.15, -0.1) is 0 Å². The fourth-order valence-electron chi connectivity index (χ4n) is 3.04. The highest BCUT2D eigenvalue weighted by Crippen LogP contribution is 2.22. The van der Waals surface area contributed by atoms with Crippen molar-refractivity contribution >= 4 is 16.7 Å². The molecule has 3 unspecified atom stereocenters. The summed E-state index contributed by atoms with van der Waals surface area (Å²) in [4.78, 5) is 14.5. The van der Waals surface area contributed by atoms with Crippen LogP contribution in [0.1, 0.15) is 36.2 Å². The van der Waals surface area contributed by atoms with E-state index in [2.05, 4.69) is 13.8 Å². The van der Waals surface area contributed by atoms with E-state index < -0.39 is 10.8 Å². The summed E-state index contributed by atoms with van der Waals surface area (Å²) in [5.74, 6) is 1.74. The van der Waals surface area contributed by atoms with Crippen molar-refractivity contribution in [3.8, 4) is 0 Å². The van der Waals surface area contributed by atoms with E-state index in [1.54, 1.807) is 6.26 Å². The molecular formula is C16H23NO2S. The first-order chi connectivity index (χ1) is 9.45. The van der Waals surface area contributed by atoms with Crippen LogP contribution in [0, 0.1) is 11.8 Å². The second-order valence-corrected chi connectivity index (χ2v) is 7.51. The van der Waals surface area contributed by atoms with Crippen LogP contribution < -0.4 is 0 Å². The Morgan fingerprint density at radius 2 is 1.95 bits per heavy atom. The second kappa shape index (κ2) is 6.53. The second-order valence-electron chi connectivity index (χ2n) is 6.07. The molecule has 0 saturated carbocycles. The van der Waals surface area contributed by atoms with Crippen molar-refractivity contribution < 1.29 is 9.00 Å². The summed E-state index contributed by atoms with van der Waals surface area (Å²) in [5, 5.41) is 0. The summed E-state index contributed by atoms with van der Waals surface area (Å²) in [7, 11) is -0.879. The summed E-state index contributed by atoms with van der Waals surface area (Å²) < 4.78 is 11.3. The molecule has 0 bridgehead atoms. The molecule has 0 spiro atoms. The third-order valence-electron chi connectivity index (χ3n) is 3.70. The molecule has 0 aliphatic carbocycles. The molecular weight excluding hydrogens is 270 g/mol. The van der Waals surface area contributed by atoms with Crippen molar-refractivity contribution in [1.29, 1.82) is 0 Å². The van der Waals surface area contributed by atoms with Gasteiger partial charge in [-0.1, -0.05) is 26.0 Å². The van der Waals surface area contributed by atoms with E-state index in [1.807, 2.05) is 29.2 Å². The molecule has 3 nitrogen and oxygen atoms in total. The number of piperidine rings is 1. The van der Waals surface area contributed by atoms with Crippen molar-refractivity contribution in [3.05, 3.63) is 35.4 Å². The molecule has 1 fully saturated rings. The molecule has 2 rings (SSSR count). The molecule has 0 radical (unpaired) electrons. The normalized spacial score (nSPS) is 24.4. The van der Waals surface area contributed by atoms with Gasteiger partial charge < -0.3 is 4.90 Å². The SMILES string of the molecule is CC1CC(C)CN(C(=O)c2cccc(CS(C)=O)c2)C1.